The van der Waals surface area contributed by atoms with Gasteiger partial charge < -0.3 is 15.3 Å². The maximum absolute atomic E-state index is 14.0. The highest BCUT2D eigenvalue weighted by Gasteiger charge is 2.51. The number of carbonyl (C=O) groups excluding carboxylic acids is 2. The minimum absolute atomic E-state index is 0.0862. The number of hydrogen-bond acceptors (Lipinski definition) is 4. The Morgan fingerprint density at radius 1 is 1.23 bits per heavy atom. The molecule has 5 atom stereocenters. The van der Waals surface area contributed by atoms with Gasteiger partial charge in [-0.2, -0.15) is 0 Å². The molecular weight excluding hydrogens is 442 g/mol. The molecule has 1 aromatic carbocycles. The van der Waals surface area contributed by atoms with Gasteiger partial charge in [-0.25, -0.2) is 4.79 Å². The Morgan fingerprint density at radius 2 is 1.86 bits per heavy atom. The Morgan fingerprint density at radius 3 is 2.40 bits per heavy atom. The minimum atomic E-state index is -1.11. The normalized spacial score (nSPS) is 27.7. The third kappa shape index (κ3) is 4.78. The Hall–Kier alpha value is -2.96. The van der Waals surface area contributed by atoms with Gasteiger partial charge in [-0.1, -0.05) is 50.6 Å². The fourth-order valence-electron chi connectivity index (χ4n) is 5.98. The van der Waals surface area contributed by atoms with Crippen LogP contribution in [-0.4, -0.2) is 57.2 Å². The summed E-state index contributed by atoms with van der Waals surface area (Å²) in [6.45, 7) is 9.76. The number of nitrogens with zero attached hydrogens (tertiary/aromatic N) is 2. The van der Waals surface area contributed by atoms with Gasteiger partial charge in [0.15, 0.2) is 0 Å². The van der Waals surface area contributed by atoms with E-state index in [-0.39, 0.29) is 36.0 Å². The Kier molecular flexibility index (Phi) is 6.89. The van der Waals surface area contributed by atoms with Gasteiger partial charge in [0.2, 0.25) is 11.8 Å². The van der Waals surface area contributed by atoms with Gasteiger partial charge in [-0.15, -0.1) is 0 Å². The summed E-state index contributed by atoms with van der Waals surface area (Å²) in [6.07, 6.45) is 6.16. The summed E-state index contributed by atoms with van der Waals surface area (Å²) in [6, 6.07) is 5.44. The quantitative estimate of drug-likeness (QED) is 0.626. The molecule has 0 saturated carbocycles. The fourth-order valence-corrected chi connectivity index (χ4v) is 5.98. The van der Waals surface area contributed by atoms with Gasteiger partial charge in [0, 0.05) is 11.6 Å². The maximum Gasteiger partial charge on any atom is 0.326 e. The molecule has 0 bridgehead atoms. The summed E-state index contributed by atoms with van der Waals surface area (Å²) in [4.78, 5) is 46.3. The molecule has 0 aromatic heterocycles. The largest absolute Gasteiger partial charge is 0.480 e. The molecule has 0 radical (unpaired) electrons. The zero-order valence-electron chi connectivity index (χ0n) is 21.3. The number of carbonyl (C=O) groups is 3. The highest BCUT2D eigenvalue weighted by molar-refractivity contribution is 5.99. The number of allylic oxidation sites excluding steroid dienone is 1. The van der Waals surface area contributed by atoms with E-state index in [9.17, 15) is 19.5 Å². The summed E-state index contributed by atoms with van der Waals surface area (Å²) >= 11 is 0. The molecule has 1 aliphatic carbocycles. The number of rotatable bonds is 7. The van der Waals surface area contributed by atoms with Gasteiger partial charge in [-0.05, 0) is 69.1 Å². The number of aliphatic imine (C=N–C) groups is 1. The first-order chi connectivity index (χ1) is 16.5. The van der Waals surface area contributed by atoms with Crippen molar-refractivity contribution in [2.75, 3.05) is 0 Å². The number of hydrogen-bond donors (Lipinski definition) is 2. The predicted octanol–water partition coefficient (Wildman–Crippen LogP) is 3.41. The number of dihydropyridines is 1. The van der Waals surface area contributed by atoms with Crippen LogP contribution in [0.25, 0.3) is 0 Å². The molecule has 2 N–H and O–H groups in total. The molecule has 7 heteroatoms. The van der Waals surface area contributed by atoms with Gasteiger partial charge in [0.25, 0.3) is 0 Å². The molecular formula is C28H37N3O4. The summed E-state index contributed by atoms with van der Waals surface area (Å²) in [5.74, 6) is -2.03. The molecule has 2 heterocycles. The summed E-state index contributed by atoms with van der Waals surface area (Å²) < 4.78 is 0. The molecule has 1 fully saturated rings. The second-order valence-electron chi connectivity index (χ2n) is 11.0. The van der Waals surface area contributed by atoms with Crippen molar-refractivity contribution in [3.63, 3.8) is 0 Å². The zero-order chi connectivity index (χ0) is 25.5. The van der Waals surface area contributed by atoms with Crippen LogP contribution >= 0.6 is 0 Å². The van der Waals surface area contributed by atoms with Crippen LogP contribution < -0.4 is 5.32 Å². The van der Waals surface area contributed by atoms with E-state index in [4.69, 9.17) is 4.99 Å². The fraction of sp³-hybridized carbons (Fsp3) is 0.571. The molecule has 0 spiro atoms. The molecule has 2 amide bonds. The van der Waals surface area contributed by atoms with Crippen LogP contribution in [0.5, 0.6) is 0 Å². The molecule has 2 aliphatic heterocycles. The molecule has 3 aliphatic rings. The number of carboxylic acids is 1. The second-order valence-corrected chi connectivity index (χ2v) is 11.0. The van der Waals surface area contributed by atoms with Gasteiger partial charge in [0.05, 0.1) is 5.54 Å². The molecule has 1 aromatic rings. The van der Waals surface area contributed by atoms with Crippen LogP contribution in [-0.2, 0) is 27.2 Å². The van der Waals surface area contributed by atoms with E-state index in [0.717, 1.165) is 5.71 Å². The van der Waals surface area contributed by atoms with Crippen molar-refractivity contribution in [1.29, 1.82) is 0 Å². The van der Waals surface area contributed by atoms with Crippen molar-refractivity contribution in [3.05, 3.63) is 47.5 Å². The topological polar surface area (TPSA) is 99.1 Å². The van der Waals surface area contributed by atoms with E-state index in [0.29, 0.717) is 19.3 Å². The summed E-state index contributed by atoms with van der Waals surface area (Å²) in [5.41, 5.74) is 2.77. The Labute approximate surface area is 207 Å². The Bertz CT molecular complexity index is 1050. The van der Waals surface area contributed by atoms with Crippen LogP contribution in [0.1, 0.15) is 58.6 Å². The number of amides is 2. The predicted molar refractivity (Wildman–Crippen MR) is 135 cm³/mol. The number of fused-ring (bicyclic) bond motifs is 1. The Balaban J connectivity index is 1.67. The van der Waals surface area contributed by atoms with E-state index in [2.05, 4.69) is 17.4 Å². The lowest BCUT2D eigenvalue weighted by Gasteiger charge is -2.46. The van der Waals surface area contributed by atoms with Crippen molar-refractivity contribution >= 4 is 23.5 Å². The number of aliphatic carboxylic acids is 1. The van der Waals surface area contributed by atoms with E-state index >= 15 is 0 Å². The molecule has 7 nitrogen and oxygen atoms in total. The van der Waals surface area contributed by atoms with Gasteiger partial charge >= 0.3 is 5.97 Å². The van der Waals surface area contributed by atoms with Crippen molar-refractivity contribution < 1.29 is 19.5 Å². The van der Waals surface area contributed by atoms with Gasteiger partial charge in [0.1, 0.15) is 18.1 Å². The average molecular weight is 480 g/mol. The number of carboxylic acid groups (broad SMARTS) is 1. The first-order valence-electron chi connectivity index (χ1n) is 12.7. The van der Waals surface area contributed by atoms with Crippen LogP contribution in [0, 0.1) is 17.8 Å². The highest BCUT2D eigenvalue weighted by atomic mass is 16.4. The monoisotopic (exact) mass is 479 g/mol. The lowest BCUT2D eigenvalue weighted by molar-refractivity contribution is -0.164. The summed E-state index contributed by atoms with van der Waals surface area (Å²) in [7, 11) is 0. The van der Waals surface area contributed by atoms with Gasteiger partial charge in [-0.3, -0.25) is 14.6 Å². The highest BCUT2D eigenvalue weighted by Crippen LogP contribution is 2.36. The number of nitrogens with one attached hydrogen (secondary N) is 1. The number of piperazine rings is 1. The van der Waals surface area contributed by atoms with Crippen LogP contribution in [0.3, 0.4) is 0 Å². The van der Waals surface area contributed by atoms with Crippen molar-refractivity contribution in [2.24, 2.45) is 22.7 Å². The van der Waals surface area contributed by atoms with E-state index in [1.807, 2.05) is 58.9 Å². The minimum Gasteiger partial charge on any atom is -0.480 e. The lowest BCUT2D eigenvalue weighted by atomic mass is 9.79. The van der Waals surface area contributed by atoms with Crippen LogP contribution in [0.2, 0.25) is 0 Å². The first-order valence-corrected chi connectivity index (χ1v) is 12.7. The second kappa shape index (κ2) is 9.59. The van der Waals surface area contributed by atoms with Crippen molar-refractivity contribution in [1.82, 2.24) is 10.2 Å². The molecule has 1 saturated heterocycles. The third-order valence-electron chi connectivity index (χ3n) is 8.16. The van der Waals surface area contributed by atoms with Crippen molar-refractivity contribution in [2.45, 2.75) is 84.0 Å². The van der Waals surface area contributed by atoms with E-state index < -0.39 is 29.6 Å². The SMILES string of the molecule is CCC(C)C1C(=O)NC(C2Cc3ccccc3C2)C(=O)N1C(CC1C=CC(C)=NC1(C)C)C(=O)O. The lowest BCUT2D eigenvalue weighted by Crippen LogP contribution is -2.70. The number of benzene rings is 1. The van der Waals surface area contributed by atoms with E-state index in [1.165, 1.54) is 16.0 Å². The van der Waals surface area contributed by atoms with Crippen molar-refractivity contribution in [3.8, 4) is 0 Å². The standard InChI is InChI=1S/C28H37N3O4/c1-6-16(2)24-25(32)29-23(20-13-18-9-7-8-10-19(18)14-20)26(33)31(24)22(27(34)35)15-21-12-11-17(3)30-28(21,4)5/h7-12,16,20-24H,6,13-15H2,1-5H3,(H,29,32)(H,34,35). The zero-order valence-corrected chi connectivity index (χ0v) is 21.3. The molecule has 188 valence electrons. The van der Waals surface area contributed by atoms with Crippen LogP contribution in [0.4, 0.5) is 0 Å². The first kappa shape index (κ1) is 25.1. The van der Waals surface area contributed by atoms with Crippen LogP contribution in [0.15, 0.2) is 41.4 Å². The maximum atomic E-state index is 14.0. The molecule has 5 unspecified atom stereocenters. The smallest absolute Gasteiger partial charge is 0.326 e. The summed E-state index contributed by atoms with van der Waals surface area (Å²) in [5, 5.41) is 13.4. The molecule has 35 heavy (non-hydrogen) atoms. The average Bonchev–Trinajstić information content (AvgIpc) is 3.22. The third-order valence-corrected chi connectivity index (χ3v) is 8.16. The molecule has 4 rings (SSSR count). The van der Waals surface area contributed by atoms with E-state index in [1.54, 1.807) is 0 Å².